The van der Waals surface area contributed by atoms with Gasteiger partial charge in [0.25, 0.3) is 0 Å². The van der Waals surface area contributed by atoms with Crippen molar-refractivity contribution in [1.82, 2.24) is 0 Å². The van der Waals surface area contributed by atoms with Crippen molar-refractivity contribution in [3.05, 3.63) is 0 Å². The molecule has 4 nitrogen and oxygen atoms in total. The molecule has 0 radical (unpaired) electrons. The van der Waals surface area contributed by atoms with E-state index < -0.39 is 11.7 Å². The third-order valence-electron chi connectivity index (χ3n) is 2.28. The molecule has 0 amide bonds. The van der Waals surface area contributed by atoms with Crippen molar-refractivity contribution in [2.75, 3.05) is 6.54 Å². The highest BCUT2D eigenvalue weighted by Gasteiger charge is 2.18. The molecule has 0 saturated heterocycles. The standard InChI is InChI=1S/C6H15NO.C4H8O2/c1-3-6(8,4-2)5-7;1-3(5)4(2)6/h8H,3-5,7H2,1-2H3;3,5H,1-2H3. The SMILES string of the molecule is CC(=O)C(C)O.CCC(O)(CC)CN. The smallest absolute Gasteiger partial charge is 0.157 e. The first-order valence-corrected chi connectivity index (χ1v) is 4.94. The quantitative estimate of drug-likeness (QED) is 0.622. The van der Waals surface area contributed by atoms with Crippen molar-refractivity contribution in [2.24, 2.45) is 5.73 Å². The third-order valence-corrected chi connectivity index (χ3v) is 2.28. The summed E-state index contributed by atoms with van der Waals surface area (Å²) in [5.74, 6) is -0.185. The lowest BCUT2D eigenvalue weighted by atomic mass is 9.98. The number of rotatable bonds is 4. The lowest BCUT2D eigenvalue weighted by molar-refractivity contribution is -0.124. The monoisotopic (exact) mass is 205 g/mol. The van der Waals surface area contributed by atoms with Crippen LogP contribution in [0.2, 0.25) is 0 Å². The number of hydrogen-bond acceptors (Lipinski definition) is 4. The molecule has 0 aromatic rings. The molecule has 14 heavy (non-hydrogen) atoms. The normalized spacial score (nSPS) is 12.8. The van der Waals surface area contributed by atoms with Gasteiger partial charge in [-0.15, -0.1) is 0 Å². The van der Waals surface area contributed by atoms with Crippen molar-refractivity contribution in [1.29, 1.82) is 0 Å². The summed E-state index contributed by atoms with van der Waals surface area (Å²) in [5.41, 5.74) is 4.68. The lowest BCUT2D eigenvalue weighted by Gasteiger charge is -2.21. The number of aliphatic hydroxyl groups is 2. The Balaban J connectivity index is 0. The van der Waals surface area contributed by atoms with Gasteiger partial charge in [0.1, 0.15) is 6.10 Å². The van der Waals surface area contributed by atoms with Crippen LogP contribution < -0.4 is 5.73 Å². The fourth-order valence-corrected chi connectivity index (χ4v) is 0.539. The van der Waals surface area contributed by atoms with Crippen molar-refractivity contribution in [3.8, 4) is 0 Å². The highest BCUT2D eigenvalue weighted by atomic mass is 16.3. The van der Waals surface area contributed by atoms with E-state index in [0.29, 0.717) is 6.54 Å². The molecule has 0 aromatic heterocycles. The van der Waals surface area contributed by atoms with Gasteiger partial charge in [-0.3, -0.25) is 4.79 Å². The van der Waals surface area contributed by atoms with Crippen LogP contribution in [0.4, 0.5) is 0 Å². The Morgan fingerprint density at radius 1 is 1.43 bits per heavy atom. The van der Waals surface area contributed by atoms with Crippen molar-refractivity contribution in [3.63, 3.8) is 0 Å². The Bertz CT molecular complexity index is 145. The minimum absolute atomic E-state index is 0.185. The van der Waals surface area contributed by atoms with E-state index in [-0.39, 0.29) is 5.78 Å². The maximum atomic E-state index is 9.89. The second kappa shape index (κ2) is 7.91. The summed E-state index contributed by atoms with van der Waals surface area (Å²) < 4.78 is 0. The summed E-state index contributed by atoms with van der Waals surface area (Å²) in [5, 5.41) is 17.6. The van der Waals surface area contributed by atoms with E-state index in [4.69, 9.17) is 10.8 Å². The van der Waals surface area contributed by atoms with Gasteiger partial charge in [-0.05, 0) is 26.7 Å². The van der Waals surface area contributed by atoms with Gasteiger partial charge < -0.3 is 15.9 Å². The highest BCUT2D eigenvalue weighted by molar-refractivity contribution is 5.79. The first-order valence-electron chi connectivity index (χ1n) is 4.94. The molecule has 0 aliphatic heterocycles. The van der Waals surface area contributed by atoms with Crippen LogP contribution in [0.25, 0.3) is 0 Å². The van der Waals surface area contributed by atoms with Gasteiger partial charge >= 0.3 is 0 Å². The van der Waals surface area contributed by atoms with Crippen LogP contribution >= 0.6 is 0 Å². The number of hydrogen-bond donors (Lipinski definition) is 3. The first-order chi connectivity index (χ1) is 6.32. The van der Waals surface area contributed by atoms with E-state index >= 15 is 0 Å². The topological polar surface area (TPSA) is 83.5 Å². The largest absolute Gasteiger partial charge is 0.389 e. The van der Waals surface area contributed by atoms with Gasteiger partial charge in [0.15, 0.2) is 5.78 Å². The van der Waals surface area contributed by atoms with E-state index in [1.807, 2.05) is 13.8 Å². The van der Waals surface area contributed by atoms with E-state index in [1.165, 1.54) is 13.8 Å². The van der Waals surface area contributed by atoms with Crippen LogP contribution in [-0.2, 0) is 4.79 Å². The molecule has 4 heteroatoms. The van der Waals surface area contributed by atoms with Crippen molar-refractivity contribution in [2.45, 2.75) is 52.2 Å². The minimum atomic E-state index is -0.787. The van der Waals surface area contributed by atoms with E-state index in [1.54, 1.807) is 0 Å². The summed E-state index contributed by atoms with van der Waals surface area (Å²) in [6.45, 7) is 7.06. The molecule has 0 heterocycles. The van der Waals surface area contributed by atoms with Gasteiger partial charge in [-0.2, -0.15) is 0 Å². The molecule has 0 spiro atoms. The summed E-state index contributed by atoms with van der Waals surface area (Å²) in [6.07, 6.45) is 0.713. The number of Topliss-reactive ketones (excluding diaryl/α,β-unsaturated/α-hetero) is 1. The molecule has 1 unspecified atom stereocenters. The fraction of sp³-hybridized carbons (Fsp3) is 0.900. The third kappa shape index (κ3) is 8.16. The Hall–Kier alpha value is -0.450. The molecule has 0 aliphatic rings. The molecule has 0 bridgehead atoms. The molecule has 0 saturated carbocycles. The summed E-state index contributed by atoms with van der Waals surface area (Å²) in [6, 6.07) is 0. The molecule has 0 rings (SSSR count). The van der Waals surface area contributed by atoms with E-state index in [9.17, 15) is 9.90 Å². The fourth-order valence-electron chi connectivity index (χ4n) is 0.539. The molecule has 1 atom stereocenters. The Kier molecular flexibility index (Phi) is 9.04. The molecule has 0 aliphatic carbocycles. The molecule has 0 aromatic carbocycles. The van der Waals surface area contributed by atoms with Crippen LogP contribution in [0.5, 0.6) is 0 Å². The molecular formula is C10H23NO3. The maximum absolute atomic E-state index is 9.89. The van der Waals surface area contributed by atoms with Gasteiger partial charge in [0, 0.05) is 6.54 Å². The average Bonchev–Trinajstić information content (AvgIpc) is 2.17. The van der Waals surface area contributed by atoms with Crippen LogP contribution in [0.15, 0.2) is 0 Å². The van der Waals surface area contributed by atoms with Crippen LogP contribution in [0.3, 0.4) is 0 Å². The molecule has 86 valence electrons. The summed E-state index contributed by atoms with van der Waals surface area (Å²) in [4.78, 5) is 9.89. The van der Waals surface area contributed by atoms with Crippen LogP contribution in [0.1, 0.15) is 40.5 Å². The zero-order valence-corrected chi connectivity index (χ0v) is 9.58. The molecular weight excluding hydrogens is 182 g/mol. The van der Waals surface area contributed by atoms with Gasteiger partial charge in [-0.25, -0.2) is 0 Å². The first kappa shape index (κ1) is 16.0. The average molecular weight is 205 g/mol. The predicted molar refractivity (Wildman–Crippen MR) is 56.9 cm³/mol. The summed E-state index contributed by atoms with van der Waals surface area (Å²) in [7, 11) is 0. The Labute approximate surface area is 86.1 Å². The second-order valence-electron chi connectivity index (χ2n) is 3.42. The Morgan fingerprint density at radius 2 is 1.71 bits per heavy atom. The number of ketones is 1. The maximum Gasteiger partial charge on any atom is 0.157 e. The minimum Gasteiger partial charge on any atom is -0.389 e. The lowest BCUT2D eigenvalue weighted by Crippen LogP contribution is -2.35. The molecule has 4 N–H and O–H groups in total. The molecule has 0 fully saturated rings. The van der Waals surface area contributed by atoms with E-state index in [0.717, 1.165) is 12.8 Å². The van der Waals surface area contributed by atoms with Crippen molar-refractivity contribution >= 4 is 5.78 Å². The van der Waals surface area contributed by atoms with Gasteiger partial charge in [0.05, 0.1) is 5.60 Å². The van der Waals surface area contributed by atoms with Gasteiger partial charge in [-0.1, -0.05) is 13.8 Å². The van der Waals surface area contributed by atoms with Crippen molar-refractivity contribution < 1.29 is 15.0 Å². The number of carbonyl (C=O) groups excluding carboxylic acids is 1. The number of nitrogens with two attached hydrogens (primary N) is 1. The predicted octanol–water partition coefficient (Wildman–Crippen LogP) is 0.452. The number of aliphatic hydroxyl groups excluding tert-OH is 1. The van der Waals surface area contributed by atoms with Crippen LogP contribution in [0, 0.1) is 0 Å². The zero-order valence-electron chi connectivity index (χ0n) is 9.58. The number of carbonyl (C=O) groups is 1. The van der Waals surface area contributed by atoms with Gasteiger partial charge in [0.2, 0.25) is 0 Å². The second-order valence-corrected chi connectivity index (χ2v) is 3.42. The Morgan fingerprint density at radius 3 is 1.71 bits per heavy atom. The highest BCUT2D eigenvalue weighted by Crippen LogP contribution is 2.10. The zero-order chi connectivity index (χ0) is 11.8. The van der Waals surface area contributed by atoms with E-state index in [2.05, 4.69) is 0 Å². The van der Waals surface area contributed by atoms with Crippen LogP contribution in [-0.4, -0.2) is 34.2 Å². The summed E-state index contributed by atoms with van der Waals surface area (Å²) >= 11 is 0.